The van der Waals surface area contributed by atoms with E-state index in [0.717, 1.165) is 16.6 Å². The zero-order chi connectivity index (χ0) is 22.9. The number of aromatic amines is 1. The lowest BCUT2D eigenvalue weighted by molar-refractivity contribution is -0.0500. The second-order valence-corrected chi connectivity index (χ2v) is 9.96. The number of carbonyl (C=O) groups excluding carboxylic acids is 1. The standard InChI is InChI=1S/C20H12BrF3N2O4S/c1-19(2)13-7-15(30-31(28,29)20(22,23)24)9(8-25)5-12(13)17(27)16-11-4-3-10(21)6-14(11)26-18(16)19/h3-7,26H,1-2H3. The van der Waals surface area contributed by atoms with Crippen molar-refractivity contribution in [2.75, 3.05) is 0 Å². The Kier molecular flexibility index (Phi) is 4.54. The second kappa shape index (κ2) is 6.58. The Labute approximate surface area is 182 Å². The number of ketones is 1. The van der Waals surface area contributed by atoms with Gasteiger partial charge in [0, 0.05) is 32.0 Å². The largest absolute Gasteiger partial charge is 0.534 e. The minimum Gasteiger partial charge on any atom is -0.375 e. The molecule has 0 amide bonds. The fourth-order valence-corrected chi connectivity index (χ4v) is 4.58. The van der Waals surface area contributed by atoms with Crippen LogP contribution in [0.2, 0.25) is 0 Å². The van der Waals surface area contributed by atoms with Crippen LogP contribution in [0.1, 0.15) is 46.6 Å². The average Bonchev–Trinajstić information content (AvgIpc) is 3.04. The number of hydrogen-bond donors (Lipinski definition) is 1. The quantitative estimate of drug-likeness (QED) is 0.388. The number of H-pyrrole nitrogens is 1. The van der Waals surface area contributed by atoms with E-state index in [0.29, 0.717) is 22.2 Å². The van der Waals surface area contributed by atoms with Gasteiger partial charge in [0.2, 0.25) is 0 Å². The van der Waals surface area contributed by atoms with Crippen LogP contribution in [0.4, 0.5) is 13.2 Å². The van der Waals surface area contributed by atoms with Gasteiger partial charge < -0.3 is 9.17 Å². The number of nitriles is 1. The highest BCUT2D eigenvalue weighted by atomic mass is 79.9. The SMILES string of the molecule is CC1(C)c2cc(OS(=O)(=O)C(F)(F)F)c(C#N)cc2C(=O)c2c1[nH]c1cc(Br)ccc21. The summed E-state index contributed by atoms with van der Waals surface area (Å²) >= 11 is 3.36. The van der Waals surface area contributed by atoms with Crippen LogP contribution in [0.15, 0.2) is 34.8 Å². The van der Waals surface area contributed by atoms with Gasteiger partial charge >= 0.3 is 15.6 Å². The lowest BCUT2D eigenvalue weighted by atomic mass is 9.71. The van der Waals surface area contributed by atoms with Gasteiger partial charge in [-0.1, -0.05) is 35.8 Å². The van der Waals surface area contributed by atoms with Crippen molar-refractivity contribution in [2.24, 2.45) is 0 Å². The third-order valence-electron chi connectivity index (χ3n) is 5.25. The molecule has 1 aromatic heterocycles. The van der Waals surface area contributed by atoms with Crippen molar-refractivity contribution in [3.8, 4) is 11.8 Å². The van der Waals surface area contributed by atoms with Crippen LogP contribution in [0.5, 0.6) is 5.75 Å². The van der Waals surface area contributed by atoms with Gasteiger partial charge in [0.1, 0.15) is 6.07 Å². The molecule has 1 N–H and O–H groups in total. The summed E-state index contributed by atoms with van der Waals surface area (Å²) in [4.78, 5) is 16.5. The first-order valence-electron chi connectivity index (χ1n) is 8.73. The number of rotatable bonds is 2. The molecular weight excluding hydrogens is 501 g/mol. The number of nitrogens with one attached hydrogen (secondary N) is 1. The monoisotopic (exact) mass is 512 g/mol. The third-order valence-corrected chi connectivity index (χ3v) is 6.71. The average molecular weight is 513 g/mol. The molecule has 160 valence electrons. The van der Waals surface area contributed by atoms with Crippen LogP contribution in [0.3, 0.4) is 0 Å². The maximum Gasteiger partial charge on any atom is 0.534 e. The summed E-state index contributed by atoms with van der Waals surface area (Å²) in [6.45, 7) is 3.46. The first-order chi connectivity index (χ1) is 14.3. The molecule has 1 aliphatic rings. The lowest BCUT2D eigenvalue weighted by Crippen LogP contribution is -2.31. The number of benzene rings is 2. The van der Waals surface area contributed by atoms with E-state index in [1.807, 2.05) is 0 Å². The molecule has 0 bridgehead atoms. The minimum atomic E-state index is -6.00. The number of carbonyl (C=O) groups is 1. The highest BCUT2D eigenvalue weighted by Gasteiger charge is 2.49. The molecule has 0 saturated heterocycles. The molecule has 11 heteroatoms. The zero-order valence-electron chi connectivity index (χ0n) is 15.9. The summed E-state index contributed by atoms with van der Waals surface area (Å²) in [6, 6.07) is 9.00. The van der Waals surface area contributed by atoms with E-state index in [9.17, 15) is 31.6 Å². The minimum absolute atomic E-state index is 0.0922. The van der Waals surface area contributed by atoms with Crippen molar-refractivity contribution in [3.05, 3.63) is 62.8 Å². The Morgan fingerprint density at radius 2 is 1.87 bits per heavy atom. The smallest absolute Gasteiger partial charge is 0.375 e. The molecule has 0 radical (unpaired) electrons. The maximum absolute atomic E-state index is 13.3. The van der Waals surface area contributed by atoms with E-state index in [2.05, 4.69) is 25.1 Å². The number of halogens is 4. The Bertz CT molecular complexity index is 1430. The fourth-order valence-electron chi connectivity index (χ4n) is 3.75. The number of aromatic nitrogens is 1. The molecule has 2 aromatic carbocycles. The van der Waals surface area contributed by atoms with Crippen LogP contribution in [0.25, 0.3) is 10.9 Å². The molecule has 0 spiro atoms. The van der Waals surface area contributed by atoms with Crippen molar-refractivity contribution < 1.29 is 30.6 Å². The molecule has 0 atom stereocenters. The summed E-state index contributed by atoms with van der Waals surface area (Å²) in [5.41, 5.74) is -5.19. The van der Waals surface area contributed by atoms with Gasteiger partial charge in [-0.25, -0.2) is 0 Å². The Balaban J connectivity index is 1.97. The maximum atomic E-state index is 13.3. The van der Waals surface area contributed by atoms with Crippen LogP contribution < -0.4 is 4.18 Å². The van der Waals surface area contributed by atoms with Crippen LogP contribution in [0, 0.1) is 11.3 Å². The van der Waals surface area contributed by atoms with Crippen LogP contribution in [-0.2, 0) is 15.5 Å². The summed E-state index contributed by atoms with van der Waals surface area (Å²) in [7, 11) is -6.00. The Morgan fingerprint density at radius 1 is 1.19 bits per heavy atom. The van der Waals surface area contributed by atoms with Gasteiger partial charge in [-0.15, -0.1) is 0 Å². The normalized spacial score (nSPS) is 15.3. The summed E-state index contributed by atoms with van der Waals surface area (Å²) < 4.78 is 66.4. The predicted octanol–water partition coefficient (Wildman–Crippen LogP) is 4.90. The van der Waals surface area contributed by atoms with E-state index in [1.54, 1.807) is 38.1 Å². The topological polar surface area (TPSA) is 100 Å². The highest BCUT2D eigenvalue weighted by molar-refractivity contribution is 9.10. The van der Waals surface area contributed by atoms with Crippen molar-refractivity contribution in [2.45, 2.75) is 24.8 Å². The molecule has 1 heterocycles. The van der Waals surface area contributed by atoms with E-state index in [1.165, 1.54) is 0 Å². The number of nitrogens with zero attached hydrogens (tertiary/aromatic N) is 1. The first kappa shape index (κ1) is 21.4. The fraction of sp³-hybridized carbons (Fsp3) is 0.200. The lowest BCUT2D eigenvalue weighted by Gasteiger charge is -2.32. The van der Waals surface area contributed by atoms with E-state index in [-0.39, 0.29) is 11.1 Å². The van der Waals surface area contributed by atoms with Gasteiger partial charge in [-0.2, -0.15) is 26.9 Å². The molecule has 0 fully saturated rings. The zero-order valence-corrected chi connectivity index (χ0v) is 18.3. The molecule has 0 aliphatic heterocycles. The third kappa shape index (κ3) is 3.13. The van der Waals surface area contributed by atoms with Gasteiger partial charge in [-0.05, 0) is 29.8 Å². The van der Waals surface area contributed by atoms with Crippen molar-refractivity contribution in [1.29, 1.82) is 5.26 Å². The van der Waals surface area contributed by atoms with Gasteiger partial charge in [0.15, 0.2) is 11.5 Å². The van der Waals surface area contributed by atoms with Crippen LogP contribution in [-0.4, -0.2) is 24.7 Å². The molecule has 0 saturated carbocycles. The first-order valence-corrected chi connectivity index (χ1v) is 10.9. The number of alkyl halides is 3. The molecule has 6 nitrogen and oxygen atoms in total. The van der Waals surface area contributed by atoms with Gasteiger partial charge in [0.05, 0.1) is 11.1 Å². The Hall–Kier alpha value is -2.84. The number of hydrogen-bond acceptors (Lipinski definition) is 5. The summed E-state index contributed by atoms with van der Waals surface area (Å²) in [5, 5.41) is 10.0. The molecule has 1 aliphatic carbocycles. The molecular formula is C20H12BrF3N2O4S. The molecule has 3 aromatic rings. The van der Waals surface area contributed by atoms with Crippen molar-refractivity contribution >= 4 is 42.7 Å². The highest BCUT2D eigenvalue weighted by Crippen LogP contribution is 2.46. The van der Waals surface area contributed by atoms with Gasteiger partial charge in [0.25, 0.3) is 0 Å². The van der Waals surface area contributed by atoms with Crippen LogP contribution >= 0.6 is 15.9 Å². The predicted molar refractivity (Wildman–Crippen MR) is 108 cm³/mol. The van der Waals surface area contributed by atoms with E-state index in [4.69, 9.17) is 0 Å². The Morgan fingerprint density at radius 3 is 2.48 bits per heavy atom. The van der Waals surface area contributed by atoms with Gasteiger partial charge in [-0.3, -0.25) is 4.79 Å². The second-order valence-electron chi connectivity index (χ2n) is 7.51. The van der Waals surface area contributed by atoms with E-state index >= 15 is 0 Å². The molecule has 0 unspecified atom stereocenters. The van der Waals surface area contributed by atoms with E-state index < -0.39 is 38.1 Å². The molecule has 4 rings (SSSR count). The summed E-state index contributed by atoms with van der Waals surface area (Å²) in [5.74, 6) is -1.22. The van der Waals surface area contributed by atoms with Crippen molar-refractivity contribution in [1.82, 2.24) is 4.98 Å². The molecule has 31 heavy (non-hydrogen) atoms. The summed E-state index contributed by atoms with van der Waals surface area (Å²) in [6.07, 6.45) is 0. The van der Waals surface area contributed by atoms with Crippen molar-refractivity contribution in [3.63, 3.8) is 0 Å². The number of fused-ring (bicyclic) bond motifs is 4.